The van der Waals surface area contributed by atoms with Gasteiger partial charge < -0.3 is 10.0 Å². The zero-order valence-corrected chi connectivity index (χ0v) is 10.5. The normalized spacial score (nSPS) is 26.6. The van der Waals surface area contributed by atoms with Crippen molar-refractivity contribution >= 4 is 11.9 Å². The minimum atomic E-state index is -0.885. The number of amides is 1. The molecule has 0 bridgehead atoms. The van der Waals surface area contributed by atoms with Crippen LogP contribution in [0.15, 0.2) is 0 Å². The molecule has 0 aromatic heterocycles. The van der Waals surface area contributed by atoms with Crippen LogP contribution in [0.5, 0.6) is 0 Å². The standard InChI is InChI=1S/C12H21NO3/c1-8-5-6-13(9(7-8)10(14)15)11(16)12(2,3)4/h8-9H,5-7H2,1-4H3,(H,14,15)/t8-,9-/m1/s1. The molecule has 1 saturated heterocycles. The van der Waals surface area contributed by atoms with Crippen LogP contribution in [0.1, 0.15) is 40.5 Å². The van der Waals surface area contributed by atoms with Crippen molar-refractivity contribution in [1.29, 1.82) is 0 Å². The highest BCUT2D eigenvalue weighted by Crippen LogP contribution is 2.27. The lowest BCUT2D eigenvalue weighted by Crippen LogP contribution is -2.53. The summed E-state index contributed by atoms with van der Waals surface area (Å²) in [7, 11) is 0. The minimum absolute atomic E-state index is 0.0631. The fourth-order valence-corrected chi connectivity index (χ4v) is 2.05. The van der Waals surface area contributed by atoms with Crippen molar-refractivity contribution in [3.8, 4) is 0 Å². The molecule has 0 aliphatic carbocycles. The maximum absolute atomic E-state index is 12.1. The number of likely N-dealkylation sites (tertiary alicyclic amines) is 1. The van der Waals surface area contributed by atoms with Crippen molar-refractivity contribution in [3.63, 3.8) is 0 Å². The quantitative estimate of drug-likeness (QED) is 0.742. The summed E-state index contributed by atoms with van der Waals surface area (Å²) in [6.07, 6.45) is 1.46. The molecule has 0 aromatic rings. The SMILES string of the molecule is C[C@@H]1CCN(C(=O)C(C)(C)C)[C@@H](C(=O)O)C1. The molecule has 1 N–H and O–H groups in total. The number of carboxylic acids is 1. The van der Waals surface area contributed by atoms with Crippen LogP contribution in [-0.2, 0) is 9.59 Å². The third kappa shape index (κ3) is 2.74. The molecule has 1 aliphatic rings. The van der Waals surface area contributed by atoms with Gasteiger partial charge in [0.1, 0.15) is 6.04 Å². The zero-order valence-electron chi connectivity index (χ0n) is 10.5. The molecule has 0 spiro atoms. The van der Waals surface area contributed by atoms with Gasteiger partial charge in [-0.05, 0) is 18.8 Å². The van der Waals surface area contributed by atoms with E-state index in [-0.39, 0.29) is 5.91 Å². The van der Waals surface area contributed by atoms with Crippen molar-refractivity contribution < 1.29 is 14.7 Å². The van der Waals surface area contributed by atoms with Crippen LogP contribution in [0.25, 0.3) is 0 Å². The fraction of sp³-hybridized carbons (Fsp3) is 0.833. The first kappa shape index (κ1) is 13.0. The maximum Gasteiger partial charge on any atom is 0.326 e. The number of carbonyl (C=O) groups is 2. The van der Waals surface area contributed by atoms with Gasteiger partial charge in [-0.2, -0.15) is 0 Å². The molecule has 2 atom stereocenters. The average molecular weight is 227 g/mol. The van der Waals surface area contributed by atoms with Gasteiger partial charge in [0.05, 0.1) is 0 Å². The highest BCUT2D eigenvalue weighted by molar-refractivity contribution is 5.87. The molecular formula is C12H21NO3. The highest BCUT2D eigenvalue weighted by Gasteiger charge is 2.38. The zero-order chi connectivity index (χ0) is 12.5. The van der Waals surface area contributed by atoms with Crippen LogP contribution in [0, 0.1) is 11.3 Å². The lowest BCUT2D eigenvalue weighted by molar-refractivity contribution is -0.156. The molecule has 16 heavy (non-hydrogen) atoms. The van der Waals surface area contributed by atoms with E-state index in [0.717, 1.165) is 6.42 Å². The van der Waals surface area contributed by atoms with E-state index in [0.29, 0.717) is 18.9 Å². The van der Waals surface area contributed by atoms with Crippen LogP contribution in [0.3, 0.4) is 0 Å². The topological polar surface area (TPSA) is 57.6 Å². The molecule has 1 heterocycles. The maximum atomic E-state index is 12.1. The van der Waals surface area contributed by atoms with Gasteiger partial charge in [-0.25, -0.2) is 4.79 Å². The average Bonchev–Trinajstić information content (AvgIpc) is 2.15. The van der Waals surface area contributed by atoms with Crippen molar-refractivity contribution in [2.75, 3.05) is 6.54 Å². The number of carboxylic acid groups (broad SMARTS) is 1. The van der Waals surface area contributed by atoms with E-state index in [2.05, 4.69) is 0 Å². The predicted octanol–water partition coefficient (Wildman–Crippen LogP) is 1.74. The number of aliphatic carboxylic acids is 1. The summed E-state index contributed by atoms with van der Waals surface area (Å²) in [5.41, 5.74) is -0.506. The molecule has 0 saturated carbocycles. The number of hydrogen-bond acceptors (Lipinski definition) is 2. The van der Waals surface area contributed by atoms with Gasteiger partial charge in [0, 0.05) is 12.0 Å². The largest absolute Gasteiger partial charge is 0.480 e. The predicted molar refractivity (Wildman–Crippen MR) is 61.0 cm³/mol. The summed E-state index contributed by atoms with van der Waals surface area (Å²) in [5, 5.41) is 9.15. The molecule has 92 valence electrons. The molecule has 4 nitrogen and oxygen atoms in total. The Morgan fingerprint density at radius 3 is 2.31 bits per heavy atom. The van der Waals surface area contributed by atoms with Crippen LogP contribution in [0.2, 0.25) is 0 Å². The third-order valence-electron chi connectivity index (χ3n) is 3.05. The molecule has 1 fully saturated rings. The molecular weight excluding hydrogens is 206 g/mol. The second-order valence-corrected chi connectivity index (χ2v) is 5.73. The lowest BCUT2D eigenvalue weighted by Gasteiger charge is -2.39. The van der Waals surface area contributed by atoms with Gasteiger partial charge in [0.25, 0.3) is 0 Å². The Morgan fingerprint density at radius 1 is 1.31 bits per heavy atom. The smallest absolute Gasteiger partial charge is 0.326 e. The summed E-state index contributed by atoms with van der Waals surface area (Å²) in [4.78, 5) is 24.8. The molecule has 4 heteroatoms. The van der Waals surface area contributed by atoms with E-state index in [4.69, 9.17) is 5.11 Å². The Balaban J connectivity index is 2.85. The Kier molecular flexibility index (Phi) is 3.61. The number of carbonyl (C=O) groups excluding carboxylic acids is 1. The van der Waals surface area contributed by atoms with Crippen molar-refractivity contribution in [3.05, 3.63) is 0 Å². The van der Waals surface area contributed by atoms with Gasteiger partial charge in [0.15, 0.2) is 0 Å². The second-order valence-electron chi connectivity index (χ2n) is 5.73. The van der Waals surface area contributed by atoms with Crippen LogP contribution < -0.4 is 0 Å². The second kappa shape index (κ2) is 4.44. The number of hydrogen-bond donors (Lipinski definition) is 1. The van der Waals surface area contributed by atoms with Crippen LogP contribution in [-0.4, -0.2) is 34.5 Å². The Morgan fingerprint density at radius 2 is 1.88 bits per heavy atom. The molecule has 1 amide bonds. The fourth-order valence-electron chi connectivity index (χ4n) is 2.05. The van der Waals surface area contributed by atoms with E-state index >= 15 is 0 Å². The molecule has 0 aromatic carbocycles. The van der Waals surface area contributed by atoms with E-state index in [1.54, 1.807) is 0 Å². The molecule has 0 radical (unpaired) electrons. The summed E-state index contributed by atoms with van der Waals surface area (Å²) < 4.78 is 0. The number of nitrogens with zero attached hydrogens (tertiary/aromatic N) is 1. The monoisotopic (exact) mass is 227 g/mol. The van der Waals surface area contributed by atoms with E-state index in [9.17, 15) is 9.59 Å². The summed E-state index contributed by atoms with van der Waals surface area (Å²) in [5.74, 6) is -0.568. The van der Waals surface area contributed by atoms with E-state index < -0.39 is 17.4 Å². The summed E-state index contributed by atoms with van der Waals surface area (Å²) in [6, 6.07) is -0.643. The Labute approximate surface area is 96.6 Å². The van der Waals surface area contributed by atoms with Crippen LogP contribution in [0.4, 0.5) is 0 Å². The number of piperidine rings is 1. The first-order valence-corrected chi connectivity index (χ1v) is 5.77. The first-order valence-electron chi connectivity index (χ1n) is 5.77. The van der Waals surface area contributed by atoms with Gasteiger partial charge in [-0.15, -0.1) is 0 Å². The first-order chi connectivity index (χ1) is 7.23. The minimum Gasteiger partial charge on any atom is -0.480 e. The van der Waals surface area contributed by atoms with Gasteiger partial charge in [-0.1, -0.05) is 27.7 Å². The van der Waals surface area contributed by atoms with E-state index in [1.165, 1.54) is 4.90 Å². The molecule has 0 unspecified atom stereocenters. The highest BCUT2D eigenvalue weighted by atomic mass is 16.4. The van der Waals surface area contributed by atoms with Crippen molar-refractivity contribution in [2.24, 2.45) is 11.3 Å². The lowest BCUT2D eigenvalue weighted by atomic mass is 9.88. The third-order valence-corrected chi connectivity index (χ3v) is 3.05. The van der Waals surface area contributed by atoms with Gasteiger partial charge >= 0.3 is 5.97 Å². The Bertz CT molecular complexity index is 293. The van der Waals surface area contributed by atoms with Crippen molar-refractivity contribution in [1.82, 2.24) is 4.90 Å². The van der Waals surface area contributed by atoms with E-state index in [1.807, 2.05) is 27.7 Å². The van der Waals surface area contributed by atoms with Gasteiger partial charge in [0.2, 0.25) is 5.91 Å². The number of rotatable bonds is 1. The summed E-state index contributed by atoms with van der Waals surface area (Å²) in [6.45, 7) is 8.08. The molecule has 1 rings (SSSR count). The summed E-state index contributed by atoms with van der Waals surface area (Å²) >= 11 is 0. The van der Waals surface area contributed by atoms with Crippen molar-refractivity contribution in [2.45, 2.75) is 46.6 Å². The molecule has 1 aliphatic heterocycles. The van der Waals surface area contributed by atoms with Gasteiger partial charge in [-0.3, -0.25) is 4.79 Å². The Hall–Kier alpha value is -1.06. The van der Waals surface area contributed by atoms with Crippen LogP contribution >= 0.6 is 0 Å².